The van der Waals surface area contributed by atoms with Gasteiger partial charge in [-0.15, -0.1) is 0 Å². The van der Waals surface area contributed by atoms with E-state index in [0.29, 0.717) is 0 Å². The van der Waals surface area contributed by atoms with Crippen LogP contribution in [0.25, 0.3) is 0 Å². The second-order valence-electron chi connectivity index (χ2n) is 6.52. The fourth-order valence-corrected chi connectivity index (χ4v) is 2.81. The summed E-state index contributed by atoms with van der Waals surface area (Å²) in [5.41, 5.74) is 7.84. The highest BCUT2D eigenvalue weighted by atomic mass is 15.1. The van der Waals surface area contributed by atoms with Gasteiger partial charge in [-0.2, -0.15) is 0 Å². The molecule has 0 aliphatic carbocycles. The van der Waals surface area contributed by atoms with Crippen LogP contribution in [0.3, 0.4) is 0 Å². The van der Waals surface area contributed by atoms with Gasteiger partial charge < -0.3 is 16.0 Å². The van der Waals surface area contributed by atoms with Gasteiger partial charge in [0, 0.05) is 13.1 Å². The number of likely N-dealkylation sites (tertiary alicyclic amines) is 1. The van der Waals surface area contributed by atoms with Crippen molar-refractivity contribution in [3.63, 3.8) is 0 Å². The van der Waals surface area contributed by atoms with Gasteiger partial charge >= 0.3 is 0 Å². The first kappa shape index (κ1) is 14.1. The summed E-state index contributed by atoms with van der Waals surface area (Å²) < 4.78 is 0. The SMILES string of the molecule is Cc1cc(N)cnc1NCC(C)(C)C1CCN(C)C1. The zero-order chi connectivity index (χ0) is 14.0. The minimum absolute atomic E-state index is 0.278. The third-order valence-corrected chi connectivity index (χ3v) is 4.31. The molecule has 4 heteroatoms. The third kappa shape index (κ3) is 3.38. The van der Waals surface area contributed by atoms with E-state index in [4.69, 9.17) is 5.73 Å². The van der Waals surface area contributed by atoms with Gasteiger partial charge in [0.05, 0.1) is 11.9 Å². The van der Waals surface area contributed by atoms with E-state index in [-0.39, 0.29) is 5.41 Å². The van der Waals surface area contributed by atoms with Gasteiger partial charge in [-0.05, 0) is 49.9 Å². The number of hydrogen-bond acceptors (Lipinski definition) is 4. The maximum absolute atomic E-state index is 5.73. The molecule has 0 radical (unpaired) electrons. The molecule has 1 atom stereocenters. The quantitative estimate of drug-likeness (QED) is 0.874. The molecule has 4 nitrogen and oxygen atoms in total. The molecule has 1 aliphatic rings. The lowest BCUT2D eigenvalue weighted by Crippen LogP contribution is -2.33. The van der Waals surface area contributed by atoms with Crippen molar-refractivity contribution in [3.8, 4) is 0 Å². The first-order chi connectivity index (χ1) is 8.88. The Morgan fingerprint density at radius 2 is 2.26 bits per heavy atom. The van der Waals surface area contributed by atoms with Crippen molar-refractivity contribution in [2.75, 3.05) is 37.7 Å². The molecular weight excluding hydrogens is 236 g/mol. The van der Waals surface area contributed by atoms with E-state index in [1.807, 2.05) is 13.0 Å². The molecule has 2 heterocycles. The summed E-state index contributed by atoms with van der Waals surface area (Å²) in [7, 11) is 2.20. The van der Waals surface area contributed by atoms with Gasteiger partial charge in [-0.3, -0.25) is 0 Å². The van der Waals surface area contributed by atoms with Crippen molar-refractivity contribution in [3.05, 3.63) is 17.8 Å². The molecule has 19 heavy (non-hydrogen) atoms. The fourth-order valence-electron chi connectivity index (χ4n) is 2.81. The number of pyridine rings is 1. The van der Waals surface area contributed by atoms with Crippen LogP contribution in [-0.2, 0) is 0 Å². The number of rotatable bonds is 4. The molecule has 0 spiro atoms. The van der Waals surface area contributed by atoms with E-state index in [1.165, 1.54) is 19.5 Å². The van der Waals surface area contributed by atoms with E-state index >= 15 is 0 Å². The van der Waals surface area contributed by atoms with Crippen LogP contribution in [0.5, 0.6) is 0 Å². The highest BCUT2D eigenvalue weighted by Crippen LogP contribution is 2.34. The number of nitrogens with two attached hydrogens (primary N) is 1. The Labute approximate surface area is 116 Å². The van der Waals surface area contributed by atoms with E-state index in [0.717, 1.165) is 29.5 Å². The predicted molar refractivity (Wildman–Crippen MR) is 81.3 cm³/mol. The van der Waals surface area contributed by atoms with Gasteiger partial charge in [0.25, 0.3) is 0 Å². The largest absolute Gasteiger partial charge is 0.397 e. The van der Waals surface area contributed by atoms with Crippen molar-refractivity contribution in [2.24, 2.45) is 11.3 Å². The lowest BCUT2D eigenvalue weighted by atomic mass is 9.78. The maximum atomic E-state index is 5.73. The fraction of sp³-hybridized carbons (Fsp3) is 0.667. The number of nitrogens with zero attached hydrogens (tertiary/aromatic N) is 2. The number of anilines is 2. The minimum Gasteiger partial charge on any atom is -0.397 e. The molecular formula is C15H26N4. The zero-order valence-electron chi connectivity index (χ0n) is 12.5. The smallest absolute Gasteiger partial charge is 0.129 e. The number of aryl methyl sites for hydroxylation is 1. The van der Waals surface area contributed by atoms with Gasteiger partial charge in [0.15, 0.2) is 0 Å². The van der Waals surface area contributed by atoms with Crippen molar-refractivity contribution in [1.82, 2.24) is 9.88 Å². The molecule has 1 aromatic rings. The number of hydrogen-bond donors (Lipinski definition) is 2. The molecule has 1 fully saturated rings. The summed E-state index contributed by atoms with van der Waals surface area (Å²) in [5.74, 6) is 1.70. The second kappa shape index (κ2) is 5.37. The van der Waals surface area contributed by atoms with Crippen LogP contribution < -0.4 is 11.1 Å². The van der Waals surface area contributed by atoms with E-state index < -0.39 is 0 Å². The minimum atomic E-state index is 0.278. The van der Waals surface area contributed by atoms with Crippen LogP contribution in [-0.4, -0.2) is 36.6 Å². The molecule has 0 bridgehead atoms. The van der Waals surface area contributed by atoms with Gasteiger partial charge in [-0.1, -0.05) is 13.8 Å². The van der Waals surface area contributed by atoms with E-state index in [1.54, 1.807) is 6.20 Å². The molecule has 1 aliphatic heterocycles. The van der Waals surface area contributed by atoms with Gasteiger partial charge in [-0.25, -0.2) is 4.98 Å². The van der Waals surface area contributed by atoms with Crippen molar-refractivity contribution in [2.45, 2.75) is 27.2 Å². The molecule has 0 aromatic carbocycles. The molecule has 1 aromatic heterocycles. The number of aromatic nitrogens is 1. The summed E-state index contributed by atoms with van der Waals surface area (Å²) in [4.78, 5) is 6.79. The summed E-state index contributed by atoms with van der Waals surface area (Å²) in [5, 5.41) is 3.49. The Bertz CT molecular complexity index is 442. The molecule has 3 N–H and O–H groups in total. The van der Waals surface area contributed by atoms with Crippen molar-refractivity contribution < 1.29 is 0 Å². The van der Waals surface area contributed by atoms with Crippen LogP contribution in [0, 0.1) is 18.3 Å². The summed E-state index contributed by atoms with van der Waals surface area (Å²) in [6.45, 7) is 10.1. The van der Waals surface area contributed by atoms with Crippen LogP contribution in [0.15, 0.2) is 12.3 Å². The molecule has 106 valence electrons. The highest BCUT2D eigenvalue weighted by Gasteiger charge is 2.33. The number of nitrogens with one attached hydrogen (secondary N) is 1. The zero-order valence-corrected chi connectivity index (χ0v) is 12.5. The summed E-state index contributed by atoms with van der Waals surface area (Å²) in [6.07, 6.45) is 3.00. The lowest BCUT2D eigenvalue weighted by Gasteiger charge is -2.32. The standard InChI is InChI=1S/C15H26N4/c1-11-7-13(16)8-17-14(11)18-10-15(2,3)12-5-6-19(4)9-12/h7-8,12H,5-6,9-10,16H2,1-4H3,(H,17,18). The van der Waals surface area contributed by atoms with Crippen LogP contribution in [0.2, 0.25) is 0 Å². The van der Waals surface area contributed by atoms with Crippen LogP contribution in [0.4, 0.5) is 11.5 Å². The maximum Gasteiger partial charge on any atom is 0.129 e. The second-order valence-corrected chi connectivity index (χ2v) is 6.52. The predicted octanol–water partition coefficient (Wildman–Crippen LogP) is 2.36. The Morgan fingerprint density at radius 1 is 1.53 bits per heavy atom. The van der Waals surface area contributed by atoms with Crippen LogP contribution in [0.1, 0.15) is 25.8 Å². The molecule has 2 rings (SSSR count). The first-order valence-electron chi connectivity index (χ1n) is 7.03. The molecule has 1 unspecified atom stereocenters. The Balaban J connectivity index is 1.97. The third-order valence-electron chi connectivity index (χ3n) is 4.31. The summed E-state index contributed by atoms with van der Waals surface area (Å²) in [6, 6.07) is 1.96. The normalized spacial score (nSPS) is 20.7. The van der Waals surface area contributed by atoms with Crippen molar-refractivity contribution in [1.29, 1.82) is 0 Å². The average Bonchev–Trinajstić information content (AvgIpc) is 2.75. The monoisotopic (exact) mass is 262 g/mol. The Kier molecular flexibility index (Phi) is 3.99. The first-order valence-corrected chi connectivity index (χ1v) is 7.03. The van der Waals surface area contributed by atoms with E-state index in [2.05, 4.69) is 36.1 Å². The lowest BCUT2D eigenvalue weighted by molar-refractivity contribution is 0.230. The molecule has 1 saturated heterocycles. The van der Waals surface area contributed by atoms with Gasteiger partial charge in [0.1, 0.15) is 5.82 Å². The van der Waals surface area contributed by atoms with Crippen LogP contribution >= 0.6 is 0 Å². The van der Waals surface area contributed by atoms with E-state index in [9.17, 15) is 0 Å². The average molecular weight is 262 g/mol. The Hall–Kier alpha value is -1.29. The highest BCUT2D eigenvalue weighted by molar-refractivity contribution is 5.50. The topological polar surface area (TPSA) is 54.2 Å². The summed E-state index contributed by atoms with van der Waals surface area (Å²) >= 11 is 0. The number of nitrogen functional groups attached to an aromatic ring is 1. The Morgan fingerprint density at radius 3 is 2.84 bits per heavy atom. The van der Waals surface area contributed by atoms with Crippen molar-refractivity contribution >= 4 is 11.5 Å². The van der Waals surface area contributed by atoms with Gasteiger partial charge in [0.2, 0.25) is 0 Å². The molecule has 0 saturated carbocycles. The molecule has 0 amide bonds.